The van der Waals surface area contributed by atoms with Crippen molar-refractivity contribution in [3.63, 3.8) is 0 Å². The molecule has 0 aliphatic rings. The Morgan fingerprint density at radius 2 is 1.45 bits per heavy atom. The number of hydrogen-bond donors (Lipinski definition) is 1. The van der Waals surface area contributed by atoms with Gasteiger partial charge in [-0.2, -0.15) is 0 Å². The summed E-state index contributed by atoms with van der Waals surface area (Å²) >= 11 is 6.82. The van der Waals surface area contributed by atoms with Crippen molar-refractivity contribution in [2.75, 3.05) is 10.5 Å². The van der Waals surface area contributed by atoms with Crippen LogP contribution in [0.4, 0.5) is 22.7 Å². The number of sulfone groups is 1. The van der Waals surface area contributed by atoms with Crippen molar-refractivity contribution in [1.82, 2.24) is 0 Å². The highest BCUT2D eigenvalue weighted by atomic mass is 35.5. The Morgan fingerprint density at radius 1 is 0.871 bits per heavy atom. The van der Waals surface area contributed by atoms with Crippen LogP contribution in [0.2, 0.25) is 0 Å². The quantitative estimate of drug-likeness (QED) is 0.259. The molecule has 12 heteroatoms. The van der Waals surface area contributed by atoms with Crippen LogP contribution in [0.3, 0.4) is 0 Å². The Morgan fingerprint density at radius 3 is 1.97 bits per heavy atom. The average molecular weight is 480 g/mol. The van der Waals surface area contributed by atoms with Gasteiger partial charge in [0.25, 0.3) is 11.4 Å². The lowest BCUT2D eigenvalue weighted by Crippen LogP contribution is -2.04. The van der Waals surface area contributed by atoms with Crippen LogP contribution in [-0.2, 0) is 9.84 Å². The molecule has 9 nitrogen and oxygen atoms in total. The van der Waals surface area contributed by atoms with E-state index < -0.39 is 30.6 Å². The highest BCUT2D eigenvalue weighted by Crippen LogP contribution is 2.33. The van der Waals surface area contributed by atoms with Crippen molar-refractivity contribution in [1.29, 1.82) is 0 Å². The predicted molar refractivity (Wildman–Crippen MR) is 118 cm³/mol. The van der Waals surface area contributed by atoms with Crippen molar-refractivity contribution >= 4 is 55.9 Å². The molecule has 0 atom stereocenters. The van der Waals surface area contributed by atoms with Crippen LogP contribution in [0.15, 0.2) is 81.4 Å². The fraction of sp³-hybridized carbons (Fsp3) is 0.0526. The number of anilines is 2. The van der Waals surface area contributed by atoms with Gasteiger partial charge in [0, 0.05) is 33.7 Å². The molecule has 1 N–H and O–H groups in total. The van der Waals surface area contributed by atoms with Gasteiger partial charge in [-0.1, -0.05) is 11.8 Å². The van der Waals surface area contributed by atoms with E-state index >= 15 is 0 Å². The first-order valence-corrected chi connectivity index (χ1v) is 11.6. The third-order valence-corrected chi connectivity index (χ3v) is 7.22. The van der Waals surface area contributed by atoms with E-state index in [1.807, 2.05) is 0 Å². The maximum atomic E-state index is 11.9. The van der Waals surface area contributed by atoms with E-state index in [1.54, 1.807) is 36.4 Å². The zero-order valence-electron chi connectivity index (χ0n) is 15.6. The molecule has 3 aromatic carbocycles. The first kappa shape index (κ1) is 22.5. The van der Waals surface area contributed by atoms with Crippen LogP contribution >= 0.6 is 23.4 Å². The smallest absolute Gasteiger partial charge is 0.293 e. The number of rotatable bonds is 8. The molecular weight excluding hydrogens is 466 g/mol. The van der Waals surface area contributed by atoms with E-state index in [9.17, 15) is 28.6 Å². The van der Waals surface area contributed by atoms with Crippen molar-refractivity contribution in [3.8, 4) is 0 Å². The number of nitrogens with zero attached hydrogens (tertiary/aromatic N) is 2. The molecule has 0 fully saturated rings. The summed E-state index contributed by atoms with van der Waals surface area (Å²) in [5.41, 5.74) is 0.310. The first-order chi connectivity index (χ1) is 14.7. The van der Waals surface area contributed by atoms with E-state index in [0.717, 1.165) is 15.9 Å². The first-order valence-electron chi connectivity index (χ1n) is 8.56. The van der Waals surface area contributed by atoms with Crippen molar-refractivity contribution in [2.45, 2.75) is 14.7 Å². The third kappa shape index (κ3) is 5.51. The number of benzene rings is 3. The van der Waals surface area contributed by atoms with Crippen molar-refractivity contribution in [3.05, 3.63) is 87.0 Å². The average Bonchev–Trinajstić information content (AvgIpc) is 2.75. The van der Waals surface area contributed by atoms with Gasteiger partial charge in [-0.25, -0.2) is 8.42 Å². The lowest BCUT2D eigenvalue weighted by molar-refractivity contribution is -0.384. The predicted octanol–water partition coefficient (Wildman–Crippen LogP) is 5.37. The van der Waals surface area contributed by atoms with E-state index in [2.05, 4.69) is 5.32 Å². The van der Waals surface area contributed by atoms with Crippen LogP contribution in [0, 0.1) is 20.2 Å². The highest BCUT2D eigenvalue weighted by molar-refractivity contribution is 7.99. The second kappa shape index (κ2) is 9.33. The lowest BCUT2D eigenvalue weighted by Gasteiger charge is -2.09. The summed E-state index contributed by atoms with van der Waals surface area (Å²) in [5, 5.41) is 24.3. The van der Waals surface area contributed by atoms with E-state index in [4.69, 9.17) is 11.6 Å². The molecule has 0 spiro atoms. The van der Waals surface area contributed by atoms with Crippen LogP contribution in [-0.4, -0.2) is 23.5 Å². The minimum absolute atomic E-state index is 0.00959. The monoisotopic (exact) mass is 479 g/mol. The summed E-state index contributed by atoms with van der Waals surface area (Å²) < 4.78 is 23.7. The molecule has 0 aliphatic heterocycles. The molecule has 0 heterocycles. The van der Waals surface area contributed by atoms with Crippen LogP contribution < -0.4 is 5.32 Å². The number of halogens is 1. The molecule has 0 saturated heterocycles. The number of hydrogen-bond acceptors (Lipinski definition) is 8. The molecule has 0 saturated carbocycles. The molecule has 0 bridgehead atoms. The molecule has 31 heavy (non-hydrogen) atoms. The van der Waals surface area contributed by atoms with Crippen LogP contribution in [0.25, 0.3) is 0 Å². The summed E-state index contributed by atoms with van der Waals surface area (Å²) in [4.78, 5) is 22.4. The summed E-state index contributed by atoms with van der Waals surface area (Å²) in [6, 6.07) is 16.7. The van der Waals surface area contributed by atoms with Crippen LogP contribution in [0.5, 0.6) is 0 Å². The van der Waals surface area contributed by atoms with E-state index in [-0.39, 0.29) is 16.3 Å². The van der Waals surface area contributed by atoms with Gasteiger partial charge in [-0.05, 0) is 48.5 Å². The second-order valence-electron chi connectivity index (χ2n) is 6.16. The summed E-state index contributed by atoms with van der Waals surface area (Å²) in [6.07, 6.45) is 0. The topological polar surface area (TPSA) is 132 Å². The summed E-state index contributed by atoms with van der Waals surface area (Å²) in [6.45, 7) is 0. The number of nitro benzene ring substituents is 2. The molecule has 0 unspecified atom stereocenters. The lowest BCUT2D eigenvalue weighted by atomic mass is 10.2. The Bertz CT molecular complexity index is 1230. The fourth-order valence-electron chi connectivity index (χ4n) is 2.56. The van der Waals surface area contributed by atoms with Gasteiger partial charge in [0.05, 0.1) is 14.7 Å². The Balaban J connectivity index is 1.77. The Labute approximate surface area is 186 Å². The maximum Gasteiger partial charge on any atom is 0.293 e. The molecule has 3 rings (SSSR count). The van der Waals surface area contributed by atoms with Crippen LogP contribution in [0.1, 0.15) is 0 Å². The number of nitrogens with one attached hydrogen (secondary N) is 1. The third-order valence-electron chi connectivity index (χ3n) is 4.09. The molecular formula is C19H14ClN3O6S2. The molecule has 0 radical (unpaired) electrons. The maximum absolute atomic E-state index is 11.9. The standard InChI is InChI=1S/C19H14ClN3O6S2/c20-12-31(28,29)17-9-10-18(19(11-17)23(26)27)21-13-1-5-15(6-2-13)30-16-7-3-14(4-8-16)22(24)25/h1-11,21H,12H2. The molecule has 160 valence electrons. The van der Waals surface area contributed by atoms with Crippen molar-refractivity contribution < 1.29 is 18.3 Å². The highest BCUT2D eigenvalue weighted by Gasteiger charge is 2.21. The fourth-order valence-corrected chi connectivity index (χ4v) is 4.45. The van der Waals surface area contributed by atoms with E-state index in [0.29, 0.717) is 5.69 Å². The summed E-state index contributed by atoms with van der Waals surface area (Å²) in [5.74, 6) is 0. The number of nitro groups is 2. The molecule has 0 aromatic heterocycles. The van der Waals surface area contributed by atoms with Gasteiger partial charge >= 0.3 is 0 Å². The number of alkyl halides is 1. The minimum Gasteiger partial charge on any atom is -0.350 e. The van der Waals surface area contributed by atoms with E-state index in [1.165, 1.54) is 36.0 Å². The normalized spacial score (nSPS) is 11.1. The SMILES string of the molecule is O=[N+]([O-])c1ccc(Sc2ccc(Nc3ccc(S(=O)(=O)CCl)cc3[N+](=O)[O-])cc2)cc1. The molecule has 0 amide bonds. The van der Waals surface area contributed by atoms with Gasteiger partial charge in [0.15, 0.2) is 9.84 Å². The molecule has 0 aliphatic carbocycles. The van der Waals surface area contributed by atoms with Gasteiger partial charge in [0.2, 0.25) is 0 Å². The largest absolute Gasteiger partial charge is 0.350 e. The van der Waals surface area contributed by atoms with Crippen molar-refractivity contribution in [2.24, 2.45) is 0 Å². The summed E-state index contributed by atoms with van der Waals surface area (Å²) in [7, 11) is -3.79. The van der Waals surface area contributed by atoms with Gasteiger partial charge in [-0.15, -0.1) is 11.6 Å². The zero-order chi connectivity index (χ0) is 22.6. The van der Waals surface area contributed by atoms with Gasteiger partial charge < -0.3 is 5.32 Å². The molecule has 3 aromatic rings. The van der Waals surface area contributed by atoms with Gasteiger partial charge in [0.1, 0.15) is 10.9 Å². The second-order valence-corrected chi connectivity index (χ2v) is 9.88. The zero-order valence-corrected chi connectivity index (χ0v) is 18.0. The number of non-ortho nitro benzene ring substituents is 1. The Kier molecular flexibility index (Phi) is 6.78. The Hall–Kier alpha value is -3.15. The minimum atomic E-state index is -3.79. The van der Waals surface area contributed by atoms with Gasteiger partial charge in [-0.3, -0.25) is 20.2 Å².